The van der Waals surface area contributed by atoms with Gasteiger partial charge in [0.1, 0.15) is 0 Å². The Morgan fingerprint density at radius 1 is 1.19 bits per heavy atom. The zero-order valence-electron chi connectivity index (χ0n) is 13.4. The van der Waals surface area contributed by atoms with Crippen molar-refractivity contribution in [1.82, 2.24) is 19.4 Å². The third-order valence-electron chi connectivity index (χ3n) is 4.77. The van der Waals surface area contributed by atoms with Crippen molar-refractivity contribution in [2.45, 2.75) is 44.3 Å². The van der Waals surface area contributed by atoms with Gasteiger partial charge in [-0.05, 0) is 39.8 Å². The second-order valence-corrected chi connectivity index (χ2v) is 6.08. The minimum atomic E-state index is -0.259. The highest BCUT2D eigenvalue weighted by molar-refractivity contribution is 5.02. The summed E-state index contributed by atoms with van der Waals surface area (Å²) in [4.78, 5) is 26.0. The van der Waals surface area contributed by atoms with E-state index in [0.717, 1.165) is 23.1 Å². The molecule has 21 heavy (non-hydrogen) atoms. The van der Waals surface area contributed by atoms with Crippen LogP contribution in [0.1, 0.15) is 31.4 Å². The molecule has 0 amide bonds. The van der Waals surface area contributed by atoms with E-state index in [2.05, 4.69) is 17.3 Å². The third kappa shape index (κ3) is 3.44. The molecular weight excluding hydrogens is 268 g/mol. The molecule has 0 unspecified atom stereocenters. The lowest BCUT2D eigenvalue weighted by molar-refractivity contribution is 0.166. The Hall–Kier alpha value is -1.40. The number of hydrogen-bond acceptors (Lipinski definition) is 4. The average molecular weight is 294 g/mol. The van der Waals surface area contributed by atoms with Gasteiger partial charge in [0.15, 0.2) is 0 Å². The molecule has 0 aromatic carbocycles. The second kappa shape index (κ2) is 6.58. The summed E-state index contributed by atoms with van der Waals surface area (Å²) in [7, 11) is 7.33. The molecule has 2 rings (SSSR count). The standard InChI is InChI=1S/C15H26N4O2/c1-16-11-5-7-12(8-6-11)17(2)10-13-9-14(20)19(4)15(21)18(13)3/h9,11-12,16H,5-8,10H2,1-4H3. The van der Waals surface area contributed by atoms with Crippen LogP contribution in [-0.4, -0.2) is 40.2 Å². The van der Waals surface area contributed by atoms with Crippen LogP contribution in [0, 0.1) is 0 Å². The summed E-state index contributed by atoms with van der Waals surface area (Å²) < 4.78 is 2.71. The molecule has 0 aliphatic heterocycles. The van der Waals surface area contributed by atoms with Gasteiger partial charge in [0.25, 0.3) is 5.56 Å². The maximum absolute atomic E-state index is 11.9. The molecular formula is C15H26N4O2. The molecule has 1 aromatic rings. The van der Waals surface area contributed by atoms with Crippen LogP contribution < -0.4 is 16.6 Å². The SMILES string of the molecule is CNC1CCC(N(C)Cc2cc(=O)n(C)c(=O)n2C)CC1. The van der Waals surface area contributed by atoms with Gasteiger partial charge in [-0.15, -0.1) is 0 Å². The Kier molecular flexibility index (Phi) is 5.00. The smallest absolute Gasteiger partial charge is 0.317 e. The number of rotatable bonds is 4. The van der Waals surface area contributed by atoms with Gasteiger partial charge in [0.2, 0.25) is 0 Å². The first kappa shape index (κ1) is 16.0. The van der Waals surface area contributed by atoms with Crippen LogP contribution in [-0.2, 0) is 20.6 Å². The molecule has 1 aliphatic carbocycles. The third-order valence-corrected chi connectivity index (χ3v) is 4.77. The van der Waals surface area contributed by atoms with Crippen molar-refractivity contribution in [3.05, 3.63) is 32.6 Å². The molecule has 0 atom stereocenters. The molecule has 0 saturated heterocycles. The zero-order valence-corrected chi connectivity index (χ0v) is 13.4. The van der Waals surface area contributed by atoms with Crippen LogP contribution in [0.4, 0.5) is 0 Å². The lowest BCUT2D eigenvalue weighted by Gasteiger charge is -2.34. The van der Waals surface area contributed by atoms with Crippen molar-refractivity contribution >= 4 is 0 Å². The minimum Gasteiger partial charge on any atom is -0.317 e. The highest BCUT2D eigenvalue weighted by Gasteiger charge is 2.23. The van der Waals surface area contributed by atoms with Crippen LogP contribution in [0.5, 0.6) is 0 Å². The lowest BCUT2D eigenvalue weighted by atomic mass is 9.90. The van der Waals surface area contributed by atoms with Crippen molar-refractivity contribution in [1.29, 1.82) is 0 Å². The van der Waals surface area contributed by atoms with Crippen LogP contribution in [0.25, 0.3) is 0 Å². The fourth-order valence-electron chi connectivity index (χ4n) is 3.12. The van der Waals surface area contributed by atoms with Gasteiger partial charge >= 0.3 is 5.69 Å². The second-order valence-electron chi connectivity index (χ2n) is 6.08. The molecule has 1 aliphatic rings. The maximum atomic E-state index is 11.9. The van der Waals surface area contributed by atoms with E-state index >= 15 is 0 Å². The largest absolute Gasteiger partial charge is 0.330 e. The van der Waals surface area contributed by atoms with E-state index in [1.807, 2.05) is 7.05 Å². The van der Waals surface area contributed by atoms with Crippen LogP contribution in [0.15, 0.2) is 15.7 Å². The number of nitrogens with one attached hydrogen (secondary N) is 1. The van der Waals surface area contributed by atoms with E-state index in [-0.39, 0.29) is 11.2 Å². The topological polar surface area (TPSA) is 59.3 Å². The van der Waals surface area contributed by atoms with E-state index < -0.39 is 0 Å². The molecule has 1 fully saturated rings. The zero-order chi connectivity index (χ0) is 15.6. The van der Waals surface area contributed by atoms with Gasteiger partial charge in [-0.2, -0.15) is 0 Å². The van der Waals surface area contributed by atoms with Crippen molar-refractivity contribution in [3.63, 3.8) is 0 Å². The average Bonchev–Trinajstić information content (AvgIpc) is 2.50. The van der Waals surface area contributed by atoms with Crippen LogP contribution in [0.2, 0.25) is 0 Å². The van der Waals surface area contributed by atoms with E-state index in [4.69, 9.17) is 0 Å². The monoisotopic (exact) mass is 294 g/mol. The molecule has 118 valence electrons. The van der Waals surface area contributed by atoms with Gasteiger partial charge in [-0.1, -0.05) is 0 Å². The summed E-state index contributed by atoms with van der Waals surface area (Å²) in [5, 5.41) is 3.34. The van der Waals surface area contributed by atoms with Crippen molar-refractivity contribution in [2.24, 2.45) is 14.1 Å². The number of aromatic nitrogens is 2. The van der Waals surface area contributed by atoms with Crippen molar-refractivity contribution in [3.8, 4) is 0 Å². The molecule has 0 bridgehead atoms. The lowest BCUT2D eigenvalue weighted by Crippen LogP contribution is -2.42. The molecule has 1 aromatic heterocycles. The summed E-state index contributed by atoms with van der Waals surface area (Å²) in [5.74, 6) is 0. The fourth-order valence-corrected chi connectivity index (χ4v) is 3.12. The molecule has 6 heteroatoms. The molecule has 1 N–H and O–H groups in total. The summed E-state index contributed by atoms with van der Waals surface area (Å²) in [5.41, 5.74) is 0.284. The van der Waals surface area contributed by atoms with E-state index in [0.29, 0.717) is 18.6 Å². The Balaban J connectivity index is 2.09. The Bertz CT molecular complexity index is 597. The molecule has 0 radical (unpaired) electrons. The molecule has 1 heterocycles. The highest BCUT2D eigenvalue weighted by atomic mass is 16.2. The van der Waals surface area contributed by atoms with Gasteiger partial charge in [-0.3, -0.25) is 18.8 Å². The van der Waals surface area contributed by atoms with Crippen LogP contribution in [0.3, 0.4) is 0 Å². The summed E-state index contributed by atoms with van der Waals surface area (Å²) in [6, 6.07) is 2.72. The van der Waals surface area contributed by atoms with E-state index in [9.17, 15) is 9.59 Å². The molecule has 1 saturated carbocycles. The van der Waals surface area contributed by atoms with Gasteiger partial charge in [0.05, 0.1) is 0 Å². The maximum Gasteiger partial charge on any atom is 0.330 e. The Morgan fingerprint density at radius 3 is 2.38 bits per heavy atom. The van der Waals surface area contributed by atoms with Crippen molar-refractivity contribution < 1.29 is 0 Å². The number of nitrogens with zero attached hydrogens (tertiary/aromatic N) is 3. The fraction of sp³-hybridized carbons (Fsp3) is 0.733. The molecule has 6 nitrogen and oxygen atoms in total. The van der Waals surface area contributed by atoms with E-state index in [1.165, 1.54) is 19.9 Å². The molecule has 0 spiro atoms. The first-order valence-corrected chi connectivity index (χ1v) is 7.57. The van der Waals surface area contributed by atoms with E-state index in [1.54, 1.807) is 17.7 Å². The van der Waals surface area contributed by atoms with Crippen LogP contribution >= 0.6 is 0 Å². The first-order chi connectivity index (χ1) is 9.93. The summed E-state index contributed by atoms with van der Waals surface area (Å²) >= 11 is 0. The predicted molar refractivity (Wildman–Crippen MR) is 83.5 cm³/mol. The van der Waals surface area contributed by atoms with Gasteiger partial charge in [0, 0.05) is 44.5 Å². The van der Waals surface area contributed by atoms with Gasteiger partial charge < -0.3 is 5.32 Å². The summed E-state index contributed by atoms with van der Waals surface area (Å²) in [6.07, 6.45) is 4.67. The normalized spacial score (nSPS) is 22.7. The Morgan fingerprint density at radius 2 is 1.81 bits per heavy atom. The number of hydrogen-bond donors (Lipinski definition) is 1. The Labute approximate surface area is 125 Å². The summed E-state index contributed by atoms with van der Waals surface area (Å²) in [6.45, 7) is 0.636. The quantitative estimate of drug-likeness (QED) is 0.852. The van der Waals surface area contributed by atoms with Crippen molar-refractivity contribution in [2.75, 3.05) is 14.1 Å². The highest BCUT2D eigenvalue weighted by Crippen LogP contribution is 2.23. The predicted octanol–water partition coefficient (Wildman–Crippen LogP) is 0.0464. The van der Waals surface area contributed by atoms with Gasteiger partial charge in [-0.25, -0.2) is 4.79 Å². The minimum absolute atomic E-state index is 0.236. The first-order valence-electron chi connectivity index (χ1n) is 7.57.